The van der Waals surface area contributed by atoms with Crippen LogP contribution in [0.5, 0.6) is 0 Å². The molecule has 6 heteroatoms. The number of hydrogen-bond donors (Lipinski definition) is 0. The molecule has 0 aliphatic heterocycles. The van der Waals surface area contributed by atoms with Crippen LogP contribution in [0.15, 0.2) is 118 Å². The van der Waals surface area contributed by atoms with Crippen LogP contribution < -0.4 is 0 Å². The standard InChI is InChI=1S/2C23H21O.C2H6Si.2ClH.Zr/c2*1-14-10-19-12-20(22-11-15(2)17(4)24-22)13-21(19)23(16(14)3)18-8-6-5-7-9-18;1-3-2;;;/h2*5-13H,1-4H3;1-2H3;2*1H;/q2*-1;;;;+2/p-2. The first kappa shape index (κ1) is 40.0. The first-order valence-electron chi connectivity index (χ1n) is 18.4. The van der Waals surface area contributed by atoms with Crippen LogP contribution in [0, 0.1) is 55.4 Å². The summed E-state index contributed by atoms with van der Waals surface area (Å²) >= 11 is -1.65. The Hall–Kier alpha value is -3.66. The van der Waals surface area contributed by atoms with Gasteiger partial charge >= 0.3 is 53.5 Å². The van der Waals surface area contributed by atoms with Crippen molar-refractivity contribution < 1.29 is 26.8 Å². The molecule has 2 heterocycles. The maximum atomic E-state index is 5.94. The van der Waals surface area contributed by atoms with Crippen LogP contribution >= 0.6 is 17.0 Å². The van der Waals surface area contributed by atoms with Crippen molar-refractivity contribution in [3.63, 3.8) is 0 Å². The van der Waals surface area contributed by atoms with Crippen molar-refractivity contribution in [1.29, 1.82) is 0 Å². The predicted octanol–water partition coefficient (Wildman–Crippen LogP) is 15.6. The fourth-order valence-electron chi connectivity index (χ4n) is 6.87. The van der Waals surface area contributed by atoms with Gasteiger partial charge in [-0.25, -0.2) is 0 Å². The third-order valence-electron chi connectivity index (χ3n) is 10.5. The molecule has 276 valence electrons. The van der Waals surface area contributed by atoms with Crippen molar-refractivity contribution in [1.82, 2.24) is 0 Å². The molecular weight excluding hydrogens is 799 g/mol. The first-order valence-corrected chi connectivity index (χ1v) is 30.9. The van der Waals surface area contributed by atoms with Crippen LogP contribution in [0.2, 0.25) is 13.1 Å². The predicted molar refractivity (Wildman–Crippen MR) is 232 cm³/mol. The Morgan fingerprint density at radius 3 is 1.15 bits per heavy atom. The number of fused-ring (bicyclic) bond motifs is 2. The molecule has 0 amide bonds. The van der Waals surface area contributed by atoms with Crippen molar-refractivity contribution in [2.24, 2.45) is 0 Å². The van der Waals surface area contributed by atoms with Gasteiger partial charge in [-0.2, -0.15) is 0 Å². The largest absolute Gasteiger partial charge is 0.496 e. The second-order valence-electron chi connectivity index (χ2n) is 14.6. The molecule has 0 aliphatic rings. The number of benzene rings is 4. The summed E-state index contributed by atoms with van der Waals surface area (Å²) in [4.78, 5) is 0. The minimum absolute atomic E-state index is 0.224. The van der Waals surface area contributed by atoms with Crippen LogP contribution in [0.25, 0.3) is 66.4 Å². The van der Waals surface area contributed by atoms with E-state index < -0.39 is 18.0 Å². The Labute approximate surface area is 335 Å². The van der Waals surface area contributed by atoms with E-state index in [9.17, 15) is 0 Å². The van der Waals surface area contributed by atoms with Crippen LogP contribution in [0.4, 0.5) is 0 Å². The van der Waals surface area contributed by atoms with E-state index in [1.54, 1.807) is 0 Å². The number of aryl methyl sites for hydroxylation is 6. The average Bonchev–Trinajstić information content (AvgIpc) is 3.93. The van der Waals surface area contributed by atoms with Gasteiger partial charge in [0.2, 0.25) is 0 Å². The zero-order valence-corrected chi connectivity index (χ0v) is 37.9. The average molecular weight is 847 g/mol. The minimum atomic E-state index is -1.65. The number of halogens is 2. The number of rotatable bonds is 4. The Morgan fingerprint density at radius 1 is 0.500 bits per heavy atom. The third kappa shape index (κ3) is 8.58. The van der Waals surface area contributed by atoms with Gasteiger partial charge in [0.25, 0.3) is 0 Å². The van der Waals surface area contributed by atoms with Crippen molar-refractivity contribution >= 4 is 44.0 Å². The van der Waals surface area contributed by atoms with E-state index in [2.05, 4.69) is 164 Å². The molecule has 0 fully saturated rings. The molecule has 0 atom stereocenters. The van der Waals surface area contributed by atoms with E-state index in [4.69, 9.17) is 25.9 Å². The van der Waals surface area contributed by atoms with Gasteiger partial charge < -0.3 is 8.83 Å². The molecule has 2 aromatic heterocycles. The normalized spacial score (nSPS) is 11.0. The molecule has 0 aliphatic carbocycles. The van der Waals surface area contributed by atoms with Crippen LogP contribution in [-0.4, -0.2) is 5.43 Å². The van der Waals surface area contributed by atoms with Crippen molar-refractivity contribution in [3.05, 3.63) is 154 Å². The summed E-state index contributed by atoms with van der Waals surface area (Å²) in [5.74, 6) is 3.89. The van der Waals surface area contributed by atoms with Crippen LogP contribution in [0.3, 0.4) is 0 Å². The Kier molecular flexibility index (Phi) is 12.6. The van der Waals surface area contributed by atoms with Gasteiger partial charge in [0.1, 0.15) is 0 Å². The summed E-state index contributed by atoms with van der Waals surface area (Å²) in [5, 5.41) is 5.15. The van der Waals surface area contributed by atoms with Crippen LogP contribution in [0.1, 0.15) is 44.9 Å². The van der Waals surface area contributed by atoms with E-state index in [-0.39, 0.29) is 5.43 Å². The summed E-state index contributed by atoms with van der Waals surface area (Å²) in [6.07, 6.45) is 0. The number of furan rings is 2. The van der Waals surface area contributed by atoms with E-state index in [0.29, 0.717) is 0 Å². The molecular formula is C48H48Cl2O2SiZr-2. The topological polar surface area (TPSA) is 26.3 Å². The summed E-state index contributed by atoms with van der Waals surface area (Å²) in [7, 11) is 11.2. The molecule has 8 rings (SSSR count). The molecule has 0 unspecified atom stereocenters. The Morgan fingerprint density at radius 2 is 0.852 bits per heavy atom. The van der Waals surface area contributed by atoms with Gasteiger partial charge in [-0.1, -0.05) is 94.0 Å². The third-order valence-corrected chi connectivity index (χ3v) is 30.2. The number of hydrogen-bond acceptors (Lipinski definition) is 2. The Balaban J connectivity index is 0.000000160. The molecule has 0 N–H and O–H groups in total. The van der Waals surface area contributed by atoms with Gasteiger partial charge in [-0.15, -0.1) is 57.9 Å². The van der Waals surface area contributed by atoms with Gasteiger partial charge in [-0.3, -0.25) is 0 Å². The maximum absolute atomic E-state index is 5.94. The van der Waals surface area contributed by atoms with E-state index >= 15 is 0 Å². The second kappa shape index (κ2) is 17.0. The molecule has 6 aromatic carbocycles. The van der Waals surface area contributed by atoms with Gasteiger partial charge in [0.05, 0.1) is 23.0 Å². The van der Waals surface area contributed by atoms with E-state index in [1.165, 1.54) is 77.2 Å². The van der Waals surface area contributed by atoms with Crippen LogP contribution in [-0.2, 0) is 18.0 Å². The zero-order valence-electron chi connectivity index (χ0n) is 33.0. The summed E-state index contributed by atoms with van der Waals surface area (Å²) < 4.78 is 11.9. The van der Waals surface area contributed by atoms with Crippen molar-refractivity contribution in [2.75, 3.05) is 0 Å². The smallest absolute Gasteiger partial charge is 0.0925 e. The first-order chi connectivity index (χ1) is 25.7. The van der Waals surface area contributed by atoms with Gasteiger partial charge in [0.15, 0.2) is 0 Å². The maximum Gasteiger partial charge on any atom is 0.0925 e. The fourth-order valence-corrected chi connectivity index (χ4v) is 6.87. The van der Waals surface area contributed by atoms with E-state index in [1.807, 2.05) is 13.8 Å². The molecule has 0 saturated carbocycles. The minimum Gasteiger partial charge on any atom is -0.496 e. The zero-order chi connectivity index (χ0) is 38.8. The van der Waals surface area contributed by atoms with Crippen molar-refractivity contribution in [3.8, 4) is 44.9 Å². The Bertz CT molecular complexity index is 2390. The molecule has 0 bridgehead atoms. The quantitative estimate of drug-likeness (QED) is 0.130. The molecule has 0 radical (unpaired) electrons. The van der Waals surface area contributed by atoms with Gasteiger partial charge in [-0.05, 0) is 101 Å². The van der Waals surface area contributed by atoms with E-state index in [0.717, 1.165) is 34.2 Å². The van der Waals surface area contributed by atoms with Gasteiger partial charge in [0, 0.05) is 0 Å². The SMILES string of the molecule is C[Si](C)=[Zr]([Cl])[Cl].Cc1cc(-c2cc3c(-c4ccccc4)c(C)c(C)cc3[cH-]2)oc1C.Cc1cc(-c2cc3c(-c4ccccc4)c(C)c(C)cc3[cH-]2)oc1C. The summed E-state index contributed by atoms with van der Waals surface area (Å²) in [6, 6.07) is 39.1. The van der Waals surface area contributed by atoms with Crippen molar-refractivity contribution in [2.45, 2.75) is 68.5 Å². The second-order valence-corrected chi connectivity index (χ2v) is 37.6. The molecule has 2 nitrogen and oxygen atoms in total. The molecule has 54 heavy (non-hydrogen) atoms. The fraction of sp³-hybridized carbons (Fsp3) is 0.208. The summed E-state index contributed by atoms with van der Waals surface area (Å²) in [6.45, 7) is 21.4. The molecule has 0 spiro atoms. The molecule has 0 saturated heterocycles. The monoisotopic (exact) mass is 844 g/mol. The summed E-state index contributed by atoms with van der Waals surface area (Å²) in [5.41, 5.74) is 15.0. The molecule has 8 aromatic rings.